The Kier molecular flexibility index (Phi) is 5.24. The van der Waals surface area contributed by atoms with Gasteiger partial charge in [-0.2, -0.15) is 5.10 Å². The van der Waals surface area contributed by atoms with Crippen LogP contribution < -0.4 is 14.2 Å². The molecule has 0 unspecified atom stereocenters. The number of ether oxygens (including phenoxy) is 3. The second-order valence-corrected chi connectivity index (χ2v) is 8.38. The Morgan fingerprint density at radius 3 is 2.48 bits per heavy atom. The number of para-hydroxylation sites is 1. The van der Waals surface area contributed by atoms with Gasteiger partial charge < -0.3 is 14.2 Å². The molecule has 2 atom stereocenters. The summed E-state index contributed by atoms with van der Waals surface area (Å²) >= 11 is 1.73. The lowest BCUT2D eigenvalue weighted by molar-refractivity contribution is -0.0190. The Morgan fingerprint density at radius 2 is 1.74 bits per heavy atom. The van der Waals surface area contributed by atoms with Crippen LogP contribution in [0.3, 0.4) is 0 Å². The van der Waals surface area contributed by atoms with Crippen LogP contribution in [0.15, 0.2) is 76.7 Å². The maximum absolute atomic E-state index is 6.44. The van der Waals surface area contributed by atoms with Crippen molar-refractivity contribution in [3.05, 3.63) is 83.4 Å². The largest absolute Gasteiger partial charge is 0.493 e. The third kappa shape index (κ3) is 3.51. The van der Waals surface area contributed by atoms with Crippen molar-refractivity contribution in [2.24, 2.45) is 5.10 Å². The molecule has 0 aromatic heterocycles. The summed E-state index contributed by atoms with van der Waals surface area (Å²) in [5.41, 5.74) is 4.30. The molecule has 0 amide bonds. The zero-order valence-corrected chi connectivity index (χ0v) is 18.6. The molecule has 2 heterocycles. The van der Waals surface area contributed by atoms with Crippen LogP contribution in [-0.2, 0) is 0 Å². The van der Waals surface area contributed by atoms with Crippen molar-refractivity contribution in [1.82, 2.24) is 5.01 Å². The summed E-state index contributed by atoms with van der Waals surface area (Å²) in [5, 5.41) is 7.13. The second kappa shape index (κ2) is 8.19. The normalized spacial score (nSPS) is 19.2. The highest BCUT2D eigenvalue weighted by molar-refractivity contribution is 7.98. The van der Waals surface area contributed by atoms with E-state index in [1.807, 2.05) is 30.3 Å². The quantitative estimate of drug-likeness (QED) is 0.486. The average molecular weight is 433 g/mol. The minimum Gasteiger partial charge on any atom is -0.493 e. The van der Waals surface area contributed by atoms with Crippen molar-refractivity contribution in [3.8, 4) is 17.2 Å². The number of benzene rings is 3. The number of methoxy groups -OCH3 is 2. The first-order valence-electron chi connectivity index (χ1n) is 10.2. The third-order valence-electron chi connectivity index (χ3n) is 5.82. The zero-order chi connectivity index (χ0) is 21.4. The highest BCUT2D eigenvalue weighted by Gasteiger charge is 2.40. The molecule has 2 aliphatic heterocycles. The number of thioether (sulfide) groups is 1. The van der Waals surface area contributed by atoms with Crippen molar-refractivity contribution in [1.29, 1.82) is 0 Å². The number of hydrogen-bond acceptors (Lipinski definition) is 6. The van der Waals surface area contributed by atoms with Gasteiger partial charge in [-0.25, -0.2) is 5.01 Å². The fraction of sp³-hybridized carbons (Fsp3) is 0.240. The van der Waals surface area contributed by atoms with Crippen LogP contribution >= 0.6 is 11.8 Å². The molecule has 0 N–H and O–H groups in total. The molecule has 3 aromatic rings. The Morgan fingerprint density at radius 1 is 0.968 bits per heavy atom. The maximum atomic E-state index is 6.44. The van der Waals surface area contributed by atoms with Gasteiger partial charge in [-0.15, -0.1) is 11.8 Å². The maximum Gasteiger partial charge on any atom is 0.213 e. The Hall–Kier alpha value is -3.12. The molecule has 0 spiro atoms. The van der Waals surface area contributed by atoms with Gasteiger partial charge in [0.1, 0.15) is 5.75 Å². The minimum absolute atomic E-state index is 0.123. The van der Waals surface area contributed by atoms with E-state index in [9.17, 15) is 0 Å². The number of nitrogens with zero attached hydrogens (tertiary/aromatic N) is 2. The van der Waals surface area contributed by atoms with Crippen LogP contribution in [-0.4, -0.2) is 31.2 Å². The van der Waals surface area contributed by atoms with Crippen molar-refractivity contribution >= 4 is 17.5 Å². The molecule has 0 bridgehead atoms. The first-order chi connectivity index (χ1) is 15.2. The molecule has 158 valence electrons. The van der Waals surface area contributed by atoms with Gasteiger partial charge in [0.25, 0.3) is 0 Å². The highest BCUT2D eigenvalue weighted by Crippen LogP contribution is 2.47. The van der Waals surface area contributed by atoms with Crippen LogP contribution in [0.2, 0.25) is 0 Å². The van der Waals surface area contributed by atoms with Crippen LogP contribution in [0.1, 0.15) is 35.4 Å². The van der Waals surface area contributed by atoms with Crippen LogP contribution in [0.5, 0.6) is 17.2 Å². The van der Waals surface area contributed by atoms with E-state index < -0.39 is 0 Å². The van der Waals surface area contributed by atoms with E-state index in [1.165, 1.54) is 10.5 Å². The summed E-state index contributed by atoms with van der Waals surface area (Å²) < 4.78 is 17.3. The summed E-state index contributed by atoms with van der Waals surface area (Å²) in [6, 6.07) is 22.9. The molecule has 2 aliphatic rings. The molecule has 0 aliphatic carbocycles. The average Bonchev–Trinajstić information content (AvgIpc) is 3.29. The summed E-state index contributed by atoms with van der Waals surface area (Å²) in [6.07, 6.45) is 2.61. The molecular formula is C25H24N2O3S. The number of rotatable bonds is 5. The zero-order valence-electron chi connectivity index (χ0n) is 17.7. The highest BCUT2D eigenvalue weighted by atomic mass is 32.2. The number of fused-ring (bicyclic) bond motifs is 3. The van der Waals surface area contributed by atoms with Crippen molar-refractivity contribution in [2.45, 2.75) is 23.6 Å². The molecule has 5 rings (SSSR count). The summed E-state index contributed by atoms with van der Waals surface area (Å²) in [7, 11) is 3.30. The van der Waals surface area contributed by atoms with Gasteiger partial charge >= 0.3 is 0 Å². The lowest BCUT2D eigenvalue weighted by atomic mass is 9.96. The van der Waals surface area contributed by atoms with E-state index in [0.717, 1.165) is 29.0 Å². The predicted octanol–water partition coefficient (Wildman–Crippen LogP) is 5.67. The van der Waals surface area contributed by atoms with Gasteiger partial charge in [-0.05, 0) is 42.7 Å². The van der Waals surface area contributed by atoms with Gasteiger partial charge in [0, 0.05) is 28.0 Å². The van der Waals surface area contributed by atoms with Gasteiger partial charge in [0.2, 0.25) is 6.23 Å². The molecule has 6 heteroatoms. The Labute approximate surface area is 186 Å². The minimum atomic E-state index is -0.270. The van der Waals surface area contributed by atoms with Gasteiger partial charge in [-0.3, -0.25) is 0 Å². The molecule has 5 nitrogen and oxygen atoms in total. The lowest BCUT2D eigenvalue weighted by Crippen LogP contribution is -2.33. The Bertz CT molecular complexity index is 1130. The van der Waals surface area contributed by atoms with E-state index in [2.05, 4.69) is 47.7 Å². The molecular weight excluding hydrogens is 408 g/mol. The van der Waals surface area contributed by atoms with E-state index in [-0.39, 0.29) is 12.3 Å². The summed E-state index contributed by atoms with van der Waals surface area (Å²) in [4.78, 5) is 1.23. The van der Waals surface area contributed by atoms with Gasteiger partial charge in [0.05, 0.1) is 26.0 Å². The SMILES string of the molecule is COc1ccc(C2=NN3[C@H](C2)c2ccccc2O[C@@H]3c2ccc(SC)cc2)cc1OC. The van der Waals surface area contributed by atoms with Crippen LogP contribution in [0.4, 0.5) is 0 Å². The standard InChI is InChI=1S/C25H24N2O3S/c1-28-23-13-10-17(14-24(23)29-2)20-15-21-19-6-4-5-7-22(19)30-25(27(21)26-20)16-8-11-18(31-3)12-9-16/h4-14,21,25H,15H2,1-3H3/t21-,25-/m1/s1. The van der Waals surface area contributed by atoms with E-state index in [1.54, 1.807) is 26.0 Å². The second-order valence-electron chi connectivity index (χ2n) is 7.50. The summed E-state index contributed by atoms with van der Waals surface area (Å²) in [5.74, 6) is 2.34. The van der Waals surface area contributed by atoms with Crippen molar-refractivity contribution in [3.63, 3.8) is 0 Å². The van der Waals surface area contributed by atoms with Gasteiger partial charge in [-0.1, -0.05) is 30.3 Å². The molecule has 3 aromatic carbocycles. The first-order valence-corrected chi connectivity index (χ1v) is 11.4. The molecule has 31 heavy (non-hydrogen) atoms. The summed E-state index contributed by atoms with van der Waals surface area (Å²) in [6.45, 7) is 0. The van der Waals surface area contributed by atoms with E-state index >= 15 is 0 Å². The van der Waals surface area contributed by atoms with E-state index in [0.29, 0.717) is 11.5 Å². The van der Waals surface area contributed by atoms with Crippen LogP contribution in [0, 0.1) is 0 Å². The van der Waals surface area contributed by atoms with Crippen molar-refractivity contribution in [2.75, 3.05) is 20.5 Å². The predicted molar refractivity (Wildman–Crippen MR) is 123 cm³/mol. The molecule has 0 fully saturated rings. The molecule has 0 saturated heterocycles. The monoisotopic (exact) mass is 432 g/mol. The third-order valence-corrected chi connectivity index (χ3v) is 6.56. The lowest BCUT2D eigenvalue weighted by Gasteiger charge is -2.38. The topological polar surface area (TPSA) is 43.3 Å². The fourth-order valence-electron chi connectivity index (χ4n) is 4.21. The van der Waals surface area contributed by atoms with Crippen molar-refractivity contribution < 1.29 is 14.2 Å². The van der Waals surface area contributed by atoms with Gasteiger partial charge in [0.15, 0.2) is 11.5 Å². The number of hydrazone groups is 1. The smallest absolute Gasteiger partial charge is 0.213 e. The number of hydrogen-bond donors (Lipinski definition) is 0. The first kappa shape index (κ1) is 19.8. The van der Waals surface area contributed by atoms with Crippen LogP contribution in [0.25, 0.3) is 0 Å². The fourth-order valence-corrected chi connectivity index (χ4v) is 4.62. The molecule has 0 saturated carbocycles. The van der Waals surface area contributed by atoms with E-state index in [4.69, 9.17) is 19.3 Å². The Balaban J connectivity index is 1.55. The molecule has 0 radical (unpaired) electrons.